The van der Waals surface area contributed by atoms with Crippen LogP contribution < -0.4 is 9.75 Å². The first kappa shape index (κ1) is 20.9. The Morgan fingerprint density at radius 2 is 1.62 bits per heavy atom. The molecule has 7 heteroatoms. The van der Waals surface area contributed by atoms with Crippen molar-refractivity contribution in [2.24, 2.45) is 10.5 Å². The maximum atomic E-state index is 12.8. The lowest BCUT2D eigenvalue weighted by molar-refractivity contribution is -0.137. The molecule has 0 bridgehead atoms. The van der Waals surface area contributed by atoms with Gasteiger partial charge in [-0.25, -0.2) is 5.01 Å². The lowest BCUT2D eigenvalue weighted by atomic mass is 9.84. The smallest absolute Gasteiger partial charge is 0.416 e. The van der Waals surface area contributed by atoms with E-state index in [1.165, 1.54) is 17.1 Å². The van der Waals surface area contributed by atoms with E-state index in [2.05, 4.69) is 5.10 Å². The predicted octanol–water partition coefficient (Wildman–Crippen LogP) is 5.47. The number of anilines is 1. The zero-order chi connectivity index (χ0) is 21.2. The number of hydrogen-bond donors (Lipinski definition) is 0. The average Bonchev–Trinajstić information content (AvgIpc) is 2.91. The number of amides is 1. The van der Waals surface area contributed by atoms with Crippen LogP contribution in [0.25, 0.3) is 0 Å². The number of aryl methyl sites for hydroxylation is 1. The van der Waals surface area contributed by atoms with Crippen molar-refractivity contribution >= 4 is 17.3 Å². The fraction of sp³-hybridized carbons (Fsp3) is 0.364. The Morgan fingerprint density at radius 3 is 2.17 bits per heavy atom. The lowest BCUT2D eigenvalue weighted by Crippen LogP contribution is -2.34. The summed E-state index contributed by atoms with van der Waals surface area (Å²) in [7, 11) is 1.62. The Kier molecular flexibility index (Phi) is 5.68. The normalized spacial score (nSPS) is 16.1. The molecule has 2 aromatic carbocycles. The quantitative estimate of drug-likeness (QED) is 0.641. The van der Waals surface area contributed by atoms with E-state index in [4.69, 9.17) is 4.74 Å². The van der Waals surface area contributed by atoms with Crippen LogP contribution in [0.15, 0.2) is 53.6 Å². The van der Waals surface area contributed by atoms with Gasteiger partial charge in [-0.2, -0.15) is 18.3 Å². The average molecular weight is 404 g/mol. The second-order valence-electron chi connectivity index (χ2n) is 7.53. The number of ether oxygens (including phenoxy) is 1. The third-order valence-electron chi connectivity index (χ3n) is 5.15. The largest absolute Gasteiger partial charge is 0.497 e. The van der Waals surface area contributed by atoms with Crippen molar-refractivity contribution in [3.8, 4) is 5.75 Å². The third kappa shape index (κ3) is 4.44. The molecule has 3 rings (SSSR count). The molecule has 0 atom stereocenters. The minimum Gasteiger partial charge on any atom is -0.497 e. The molecule has 0 radical (unpaired) electrons. The van der Waals surface area contributed by atoms with Crippen LogP contribution in [0.1, 0.15) is 37.8 Å². The van der Waals surface area contributed by atoms with Gasteiger partial charge in [0.25, 0.3) is 5.91 Å². The summed E-state index contributed by atoms with van der Waals surface area (Å²) in [5.74, 6) is 0.560. The molecule has 0 spiro atoms. The number of methoxy groups -OCH3 is 1. The first-order valence-electron chi connectivity index (χ1n) is 9.35. The Labute approximate surface area is 168 Å². The van der Waals surface area contributed by atoms with E-state index in [0.29, 0.717) is 12.1 Å². The van der Waals surface area contributed by atoms with Crippen LogP contribution in [0.3, 0.4) is 0 Å². The first-order valence-corrected chi connectivity index (χ1v) is 9.35. The molecule has 1 amide bonds. The van der Waals surface area contributed by atoms with E-state index in [0.717, 1.165) is 42.0 Å². The molecule has 29 heavy (non-hydrogen) atoms. The van der Waals surface area contributed by atoms with Crippen LogP contribution in [0, 0.1) is 5.41 Å². The maximum Gasteiger partial charge on any atom is 0.416 e. The van der Waals surface area contributed by atoms with Gasteiger partial charge < -0.3 is 4.74 Å². The number of nitrogens with zero attached hydrogens (tertiary/aromatic N) is 2. The molecule has 1 aliphatic heterocycles. The number of alkyl halides is 3. The molecule has 1 heterocycles. The van der Waals surface area contributed by atoms with E-state index >= 15 is 0 Å². The van der Waals surface area contributed by atoms with Crippen molar-refractivity contribution < 1.29 is 22.7 Å². The van der Waals surface area contributed by atoms with Crippen molar-refractivity contribution in [3.05, 3.63) is 59.7 Å². The van der Waals surface area contributed by atoms with Gasteiger partial charge in [-0.1, -0.05) is 12.1 Å². The van der Waals surface area contributed by atoms with Gasteiger partial charge in [0.1, 0.15) is 5.75 Å². The van der Waals surface area contributed by atoms with Crippen LogP contribution in [-0.2, 0) is 17.4 Å². The molecule has 2 aromatic rings. The third-order valence-corrected chi connectivity index (χ3v) is 5.15. The van der Waals surface area contributed by atoms with Gasteiger partial charge in [-0.05, 0) is 75.1 Å². The molecule has 4 nitrogen and oxygen atoms in total. The van der Waals surface area contributed by atoms with Crippen LogP contribution in [0.5, 0.6) is 5.75 Å². The fourth-order valence-electron chi connectivity index (χ4n) is 3.26. The molecule has 0 N–H and O–H groups in total. The van der Waals surface area contributed by atoms with E-state index in [1.807, 2.05) is 24.3 Å². The highest BCUT2D eigenvalue weighted by atomic mass is 19.4. The number of rotatable bonds is 6. The molecule has 0 aliphatic carbocycles. The summed E-state index contributed by atoms with van der Waals surface area (Å²) in [6, 6.07) is 12.3. The Balaban J connectivity index is 1.70. The van der Waals surface area contributed by atoms with Crippen molar-refractivity contribution in [3.63, 3.8) is 0 Å². The number of carbonyl (C=O) groups excluding carboxylic acids is 1. The summed E-state index contributed by atoms with van der Waals surface area (Å²) in [5, 5.41) is 5.65. The summed E-state index contributed by atoms with van der Waals surface area (Å²) in [4.78, 5) is 12.8. The molecule has 0 saturated heterocycles. The minimum absolute atomic E-state index is 0.239. The molecule has 0 unspecified atom stereocenters. The van der Waals surface area contributed by atoms with Crippen molar-refractivity contribution in [2.45, 2.75) is 39.3 Å². The molecule has 154 valence electrons. The van der Waals surface area contributed by atoms with Crippen LogP contribution in [0.4, 0.5) is 18.9 Å². The second-order valence-corrected chi connectivity index (χ2v) is 7.53. The highest BCUT2D eigenvalue weighted by Gasteiger charge is 2.43. The van der Waals surface area contributed by atoms with E-state index in [-0.39, 0.29) is 5.91 Å². The van der Waals surface area contributed by atoms with Gasteiger partial charge in [0.05, 0.1) is 29.5 Å². The van der Waals surface area contributed by atoms with E-state index < -0.39 is 17.2 Å². The van der Waals surface area contributed by atoms with Crippen LogP contribution >= 0.6 is 0 Å². The standard InChI is InChI=1S/C22H23F3N2O2/c1-21(2)19(6-4-5-15-7-13-18(29-3)14-8-15)26-27(20(21)28)17-11-9-16(10-12-17)22(23,24)25/h7-14H,4-6H2,1-3H3. The van der Waals surface area contributed by atoms with Gasteiger partial charge in [0, 0.05) is 0 Å². The lowest BCUT2D eigenvalue weighted by Gasteiger charge is -2.20. The number of carbonyl (C=O) groups is 1. The second kappa shape index (κ2) is 7.89. The summed E-state index contributed by atoms with van der Waals surface area (Å²) in [5.41, 5.74) is 0.684. The van der Waals surface area contributed by atoms with E-state index in [1.54, 1.807) is 21.0 Å². The minimum atomic E-state index is -4.41. The Morgan fingerprint density at radius 1 is 1.00 bits per heavy atom. The topological polar surface area (TPSA) is 41.9 Å². The molecular weight excluding hydrogens is 381 g/mol. The number of halogens is 3. The monoisotopic (exact) mass is 404 g/mol. The van der Waals surface area contributed by atoms with E-state index in [9.17, 15) is 18.0 Å². The summed E-state index contributed by atoms with van der Waals surface area (Å²) >= 11 is 0. The molecule has 1 aliphatic rings. The summed E-state index contributed by atoms with van der Waals surface area (Å²) in [6.45, 7) is 3.59. The number of benzene rings is 2. The van der Waals surface area contributed by atoms with Crippen molar-refractivity contribution in [1.82, 2.24) is 0 Å². The summed E-state index contributed by atoms with van der Waals surface area (Å²) < 4.78 is 43.4. The van der Waals surface area contributed by atoms with Gasteiger partial charge >= 0.3 is 6.18 Å². The molecule has 0 aromatic heterocycles. The summed E-state index contributed by atoms with van der Waals surface area (Å²) in [6.07, 6.45) is -2.15. The molecular formula is C22H23F3N2O2. The van der Waals surface area contributed by atoms with Gasteiger partial charge in [0.15, 0.2) is 0 Å². The van der Waals surface area contributed by atoms with Gasteiger partial charge in [-0.15, -0.1) is 0 Å². The fourth-order valence-corrected chi connectivity index (χ4v) is 3.26. The van der Waals surface area contributed by atoms with Gasteiger partial charge in [-0.3, -0.25) is 4.79 Å². The van der Waals surface area contributed by atoms with Crippen molar-refractivity contribution in [2.75, 3.05) is 12.1 Å². The maximum absolute atomic E-state index is 12.8. The number of hydrogen-bond acceptors (Lipinski definition) is 3. The SMILES string of the molecule is COc1ccc(CCCC2=NN(c3ccc(C(F)(F)F)cc3)C(=O)C2(C)C)cc1. The molecule has 0 fully saturated rings. The van der Waals surface area contributed by atoms with Gasteiger partial charge in [0.2, 0.25) is 0 Å². The molecule has 0 saturated carbocycles. The first-order chi connectivity index (χ1) is 13.6. The Hall–Kier alpha value is -2.83. The Bertz CT molecular complexity index is 901. The predicted molar refractivity (Wildman–Crippen MR) is 106 cm³/mol. The van der Waals surface area contributed by atoms with Crippen LogP contribution in [0.2, 0.25) is 0 Å². The highest BCUT2D eigenvalue weighted by Crippen LogP contribution is 2.36. The zero-order valence-electron chi connectivity index (χ0n) is 16.6. The highest BCUT2D eigenvalue weighted by molar-refractivity contribution is 6.18. The zero-order valence-corrected chi connectivity index (χ0v) is 16.6. The number of hydrazone groups is 1. The van der Waals surface area contributed by atoms with Crippen molar-refractivity contribution in [1.29, 1.82) is 0 Å². The van der Waals surface area contributed by atoms with Crippen LogP contribution in [-0.4, -0.2) is 18.7 Å².